The van der Waals surface area contributed by atoms with E-state index in [1.54, 1.807) is 12.1 Å². The molecule has 1 N–H and O–H groups in total. The van der Waals surface area contributed by atoms with Crippen molar-refractivity contribution >= 4 is 21.8 Å². The van der Waals surface area contributed by atoms with E-state index in [1.165, 1.54) is 5.56 Å². The Morgan fingerprint density at radius 2 is 1.58 bits per heavy atom. The number of nitrogens with one attached hydrogen (secondary N) is 1. The number of halogens is 1. The summed E-state index contributed by atoms with van der Waals surface area (Å²) in [5, 5.41) is 2.92. The normalized spacial score (nSPS) is 10.2. The van der Waals surface area contributed by atoms with E-state index in [0.29, 0.717) is 12.1 Å². The lowest BCUT2D eigenvalue weighted by molar-refractivity contribution is 0.0951. The SMILES string of the molecule is CCc1ccc(CNC(=O)c2ccc(Br)cc2)cc1. The molecule has 98 valence electrons. The van der Waals surface area contributed by atoms with E-state index in [1.807, 2.05) is 12.1 Å². The molecule has 2 nitrogen and oxygen atoms in total. The third kappa shape index (κ3) is 3.93. The lowest BCUT2D eigenvalue weighted by atomic mass is 10.1. The first-order valence-electron chi connectivity index (χ1n) is 6.30. The molecule has 0 aliphatic carbocycles. The van der Waals surface area contributed by atoms with E-state index in [9.17, 15) is 4.79 Å². The van der Waals surface area contributed by atoms with Crippen molar-refractivity contribution in [3.8, 4) is 0 Å². The maximum atomic E-state index is 11.9. The molecule has 2 aromatic carbocycles. The Bertz CT molecular complexity index is 546. The first-order valence-corrected chi connectivity index (χ1v) is 7.10. The molecule has 2 aromatic rings. The van der Waals surface area contributed by atoms with Gasteiger partial charge in [0.15, 0.2) is 0 Å². The van der Waals surface area contributed by atoms with Crippen LogP contribution in [0.2, 0.25) is 0 Å². The standard InChI is InChI=1S/C16H16BrNO/c1-2-12-3-5-13(6-4-12)11-18-16(19)14-7-9-15(17)10-8-14/h3-10H,2,11H2,1H3,(H,18,19). The second-order valence-corrected chi connectivity index (χ2v) is 5.28. The zero-order chi connectivity index (χ0) is 13.7. The van der Waals surface area contributed by atoms with Gasteiger partial charge in [-0.3, -0.25) is 4.79 Å². The summed E-state index contributed by atoms with van der Waals surface area (Å²) in [6, 6.07) is 15.7. The molecule has 0 aromatic heterocycles. The largest absolute Gasteiger partial charge is 0.348 e. The fraction of sp³-hybridized carbons (Fsp3) is 0.188. The summed E-state index contributed by atoms with van der Waals surface area (Å²) in [5.74, 6) is -0.0490. The smallest absolute Gasteiger partial charge is 0.251 e. The summed E-state index contributed by atoms with van der Waals surface area (Å²) in [5.41, 5.74) is 3.10. The quantitative estimate of drug-likeness (QED) is 0.909. The molecule has 19 heavy (non-hydrogen) atoms. The van der Waals surface area contributed by atoms with E-state index in [2.05, 4.69) is 52.4 Å². The molecule has 0 saturated heterocycles. The highest BCUT2D eigenvalue weighted by molar-refractivity contribution is 9.10. The number of benzene rings is 2. The van der Waals surface area contributed by atoms with Crippen LogP contribution in [0.4, 0.5) is 0 Å². The molecule has 0 aliphatic heterocycles. The van der Waals surface area contributed by atoms with E-state index in [0.717, 1.165) is 16.5 Å². The van der Waals surface area contributed by atoms with Gasteiger partial charge < -0.3 is 5.32 Å². The van der Waals surface area contributed by atoms with Gasteiger partial charge in [-0.1, -0.05) is 47.1 Å². The first-order chi connectivity index (χ1) is 9.19. The van der Waals surface area contributed by atoms with E-state index in [-0.39, 0.29) is 5.91 Å². The Morgan fingerprint density at radius 3 is 2.16 bits per heavy atom. The van der Waals surface area contributed by atoms with Crippen LogP contribution in [-0.4, -0.2) is 5.91 Å². The zero-order valence-electron chi connectivity index (χ0n) is 10.8. The Morgan fingerprint density at radius 1 is 1.00 bits per heavy atom. The van der Waals surface area contributed by atoms with Crippen molar-refractivity contribution in [1.29, 1.82) is 0 Å². The lowest BCUT2D eigenvalue weighted by Crippen LogP contribution is -2.22. The van der Waals surface area contributed by atoms with Gasteiger partial charge in [0.2, 0.25) is 0 Å². The van der Waals surface area contributed by atoms with Gasteiger partial charge in [-0.2, -0.15) is 0 Å². The van der Waals surface area contributed by atoms with Crippen LogP contribution >= 0.6 is 15.9 Å². The van der Waals surface area contributed by atoms with Crippen molar-refractivity contribution in [3.63, 3.8) is 0 Å². The second-order valence-electron chi connectivity index (χ2n) is 4.36. The van der Waals surface area contributed by atoms with Gasteiger partial charge in [0, 0.05) is 16.6 Å². The van der Waals surface area contributed by atoms with Crippen molar-refractivity contribution in [2.24, 2.45) is 0 Å². The molecule has 2 rings (SSSR count). The molecular weight excluding hydrogens is 302 g/mol. The molecule has 0 atom stereocenters. The van der Waals surface area contributed by atoms with Gasteiger partial charge in [0.1, 0.15) is 0 Å². The third-order valence-corrected chi connectivity index (χ3v) is 3.52. The van der Waals surface area contributed by atoms with Gasteiger partial charge in [-0.25, -0.2) is 0 Å². The highest BCUT2D eigenvalue weighted by Gasteiger charge is 2.04. The number of hydrogen-bond donors (Lipinski definition) is 1. The zero-order valence-corrected chi connectivity index (χ0v) is 12.4. The number of carbonyl (C=O) groups is 1. The molecule has 0 spiro atoms. The second kappa shape index (κ2) is 6.53. The van der Waals surface area contributed by atoms with Gasteiger partial charge in [-0.05, 0) is 41.8 Å². The number of aryl methyl sites for hydroxylation is 1. The van der Waals surface area contributed by atoms with Crippen LogP contribution in [0, 0.1) is 0 Å². The third-order valence-electron chi connectivity index (χ3n) is 2.99. The van der Waals surface area contributed by atoms with Gasteiger partial charge in [0.25, 0.3) is 5.91 Å². The Kier molecular flexibility index (Phi) is 4.74. The van der Waals surface area contributed by atoms with E-state index >= 15 is 0 Å². The van der Waals surface area contributed by atoms with Crippen molar-refractivity contribution in [3.05, 3.63) is 69.7 Å². The van der Waals surface area contributed by atoms with Gasteiger partial charge in [-0.15, -0.1) is 0 Å². The molecule has 0 fully saturated rings. The topological polar surface area (TPSA) is 29.1 Å². The van der Waals surface area contributed by atoms with Crippen molar-refractivity contribution in [2.45, 2.75) is 19.9 Å². The molecular formula is C16H16BrNO. The summed E-state index contributed by atoms with van der Waals surface area (Å²) in [6.07, 6.45) is 1.03. The molecule has 1 amide bonds. The predicted molar refractivity (Wildman–Crippen MR) is 81.1 cm³/mol. The Labute approximate surface area is 122 Å². The molecule has 0 heterocycles. The van der Waals surface area contributed by atoms with E-state index in [4.69, 9.17) is 0 Å². The minimum atomic E-state index is -0.0490. The summed E-state index contributed by atoms with van der Waals surface area (Å²) in [4.78, 5) is 11.9. The van der Waals surface area contributed by atoms with E-state index < -0.39 is 0 Å². The van der Waals surface area contributed by atoms with Crippen LogP contribution in [-0.2, 0) is 13.0 Å². The van der Waals surface area contributed by atoms with Crippen molar-refractivity contribution < 1.29 is 4.79 Å². The summed E-state index contributed by atoms with van der Waals surface area (Å²) < 4.78 is 0.971. The summed E-state index contributed by atoms with van der Waals surface area (Å²) in [7, 11) is 0. The van der Waals surface area contributed by atoms with Gasteiger partial charge >= 0.3 is 0 Å². The monoisotopic (exact) mass is 317 g/mol. The Balaban J connectivity index is 1.94. The average molecular weight is 318 g/mol. The molecule has 0 unspecified atom stereocenters. The number of amides is 1. The summed E-state index contributed by atoms with van der Waals surface area (Å²) >= 11 is 3.35. The van der Waals surface area contributed by atoms with Crippen molar-refractivity contribution in [1.82, 2.24) is 5.32 Å². The Hall–Kier alpha value is -1.61. The minimum Gasteiger partial charge on any atom is -0.348 e. The minimum absolute atomic E-state index is 0.0490. The molecule has 0 aliphatic rings. The lowest BCUT2D eigenvalue weighted by Gasteiger charge is -2.06. The molecule has 3 heteroatoms. The number of rotatable bonds is 4. The van der Waals surface area contributed by atoms with Crippen LogP contribution < -0.4 is 5.32 Å². The maximum Gasteiger partial charge on any atom is 0.251 e. The van der Waals surface area contributed by atoms with Crippen LogP contribution in [0.25, 0.3) is 0 Å². The van der Waals surface area contributed by atoms with Gasteiger partial charge in [0.05, 0.1) is 0 Å². The molecule has 0 bridgehead atoms. The first kappa shape index (κ1) is 13.8. The van der Waals surface area contributed by atoms with Crippen LogP contribution in [0.1, 0.15) is 28.4 Å². The average Bonchev–Trinajstić information content (AvgIpc) is 2.46. The molecule has 0 radical (unpaired) electrons. The fourth-order valence-electron chi connectivity index (χ4n) is 1.78. The summed E-state index contributed by atoms with van der Waals surface area (Å²) in [6.45, 7) is 2.68. The maximum absolute atomic E-state index is 11.9. The highest BCUT2D eigenvalue weighted by Crippen LogP contribution is 2.11. The van der Waals surface area contributed by atoms with Crippen LogP contribution in [0.3, 0.4) is 0 Å². The van der Waals surface area contributed by atoms with Crippen LogP contribution in [0.5, 0.6) is 0 Å². The number of hydrogen-bond acceptors (Lipinski definition) is 1. The fourth-order valence-corrected chi connectivity index (χ4v) is 2.04. The predicted octanol–water partition coefficient (Wildman–Crippen LogP) is 3.94. The highest BCUT2D eigenvalue weighted by atomic mass is 79.9. The van der Waals surface area contributed by atoms with Crippen molar-refractivity contribution in [2.75, 3.05) is 0 Å². The molecule has 0 saturated carbocycles. The van der Waals surface area contributed by atoms with Crippen LogP contribution in [0.15, 0.2) is 53.0 Å². The number of carbonyl (C=O) groups excluding carboxylic acids is 1.